The van der Waals surface area contributed by atoms with Crippen LogP contribution in [0.3, 0.4) is 0 Å². The second kappa shape index (κ2) is 4.96. The standard InChI is InChI=1S/C10H12N2O4S/c1-11-10(14)9-4-3-8(5-7(9)6-13)12-17(2,15)16/h3-6,12H,1-2H3,(H,11,14). The molecule has 0 aliphatic heterocycles. The van der Waals surface area contributed by atoms with Crippen molar-refractivity contribution in [2.75, 3.05) is 18.0 Å². The number of nitrogens with one attached hydrogen (secondary N) is 2. The van der Waals surface area contributed by atoms with E-state index in [1.165, 1.54) is 25.2 Å². The van der Waals surface area contributed by atoms with E-state index in [2.05, 4.69) is 10.0 Å². The molecule has 17 heavy (non-hydrogen) atoms. The predicted octanol–water partition coefficient (Wildman–Crippen LogP) is 0.230. The van der Waals surface area contributed by atoms with Crippen LogP contribution in [0.1, 0.15) is 20.7 Å². The Bertz CT molecular complexity index is 551. The van der Waals surface area contributed by atoms with Crippen LogP contribution in [-0.2, 0) is 10.0 Å². The maximum atomic E-state index is 11.4. The molecule has 1 aromatic carbocycles. The van der Waals surface area contributed by atoms with E-state index in [4.69, 9.17) is 0 Å². The Balaban J connectivity index is 3.17. The van der Waals surface area contributed by atoms with E-state index >= 15 is 0 Å². The topological polar surface area (TPSA) is 92.3 Å². The molecule has 2 N–H and O–H groups in total. The van der Waals surface area contributed by atoms with Gasteiger partial charge in [-0.2, -0.15) is 0 Å². The molecule has 0 heterocycles. The van der Waals surface area contributed by atoms with Gasteiger partial charge in [0.15, 0.2) is 6.29 Å². The first-order valence-corrected chi connectivity index (χ1v) is 6.55. The van der Waals surface area contributed by atoms with Crippen molar-refractivity contribution < 1.29 is 18.0 Å². The number of hydrogen-bond donors (Lipinski definition) is 2. The maximum absolute atomic E-state index is 11.4. The Morgan fingerprint density at radius 2 is 2.00 bits per heavy atom. The summed E-state index contributed by atoms with van der Waals surface area (Å²) in [5.74, 6) is -0.405. The summed E-state index contributed by atoms with van der Waals surface area (Å²) in [7, 11) is -1.96. The fraction of sp³-hybridized carbons (Fsp3) is 0.200. The van der Waals surface area contributed by atoms with Crippen molar-refractivity contribution in [3.05, 3.63) is 29.3 Å². The van der Waals surface area contributed by atoms with E-state index < -0.39 is 15.9 Å². The molecule has 6 nitrogen and oxygen atoms in total. The van der Waals surface area contributed by atoms with Gasteiger partial charge in [0.1, 0.15) is 0 Å². The Labute approximate surface area is 99.1 Å². The van der Waals surface area contributed by atoms with E-state index in [0.29, 0.717) is 6.29 Å². The lowest BCUT2D eigenvalue weighted by Crippen LogP contribution is -2.19. The largest absolute Gasteiger partial charge is 0.355 e. The van der Waals surface area contributed by atoms with Gasteiger partial charge in [0, 0.05) is 23.9 Å². The van der Waals surface area contributed by atoms with Crippen molar-refractivity contribution >= 4 is 27.9 Å². The molecule has 0 atom stereocenters. The summed E-state index contributed by atoms with van der Waals surface area (Å²) in [5.41, 5.74) is 0.557. The highest BCUT2D eigenvalue weighted by Gasteiger charge is 2.11. The molecule has 0 aliphatic rings. The average Bonchev–Trinajstić information content (AvgIpc) is 2.25. The van der Waals surface area contributed by atoms with Gasteiger partial charge >= 0.3 is 0 Å². The number of anilines is 1. The van der Waals surface area contributed by atoms with Crippen molar-refractivity contribution in [3.8, 4) is 0 Å². The minimum absolute atomic E-state index is 0.123. The monoisotopic (exact) mass is 256 g/mol. The summed E-state index contributed by atoms with van der Waals surface area (Å²) in [6, 6.07) is 4.10. The van der Waals surface area contributed by atoms with E-state index in [1.807, 2.05) is 0 Å². The number of sulfonamides is 1. The van der Waals surface area contributed by atoms with E-state index in [9.17, 15) is 18.0 Å². The van der Waals surface area contributed by atoms with Crippen molar-refractivity contribution in [1.82, 2.24) is 5.32 Å². The summed E-state index contributed by atoms with van der Waals surface area (Å²) < 4.78 is 24.2. The molecule has 7 heteroatoms. The molecule has 0 bridgehead atoms. The van der Waals surface area contributed by atoms with Crippen LogP contribution in [0.15, 0.2) is 18.2 Å². The third kappa shape index (κ3) is 3.56. The zero-order valence-corrected chi connectivity index (χ0v) is 10.2. The van der Waals surface area contributed by atoms with Crippen molar-refractivity contribution in [3.63, 3.8) is 0 Å². The SMILES string of the molecule is CNC(=O)c1ccc(NS(C)(=O)=O)cc1C=O. The molecule has 1 amide bonds. The molecule has 0 radical (unpaired) electrons. The zero-order valence-electron chi connectivity index (χ0n) is 9.35. The van der Waals surface area contributed by atoms with Gasteiger partial charge in [0.25, 0.3) is 5.91 Å². The van der Waals surface area contributed by atoms with Gasteiger partial charge in [-0.3, -0.25) is 14.3 Å². The molecule has 0 aromatic heterocycles. The molecule has 0 unspecified atom stereocenters. The normalized spacial score (nSPS) is 10.7. The Hall–Kier alpha value is -1.89. The highest BCUT2D eigenvalue weighted by atomic mass is 32.2. The average molecular weight is 256 g/mol. The zero-order chi connectivity index (χ0) is 13.1. The van der Waals surface area contributed by atoms with Gasteiger partial charge in [-0.15, -0.1) is 0 Å². The van der Waals surface area contributed by atoms with Crippen LogP contribution in [-0.4, -0.2) is 33.9 Å². The molecule has 0 aliphatic carbocycles. The second-order valence-corrected chi connectivity index (χ2v) is 5.12. The molecule has 0 saturated carbocycles. The Kier molecular flexibility index (Phi) is 3.84. The highest BCUT2D eigenvalue weighted by Crippen LogP contribution is 2.15. The fourth-order valence-electron chi connectivity index (χ4n) is 1.28. The minimum atomic E-state index is -3.41. The molecule has 92 valence electrons. The molecular weight excluding hydrogens is 244 g/mol. The summed E-state index contributed by atoms with van der Waals surface area (Å²) in [6.45, 7) is 0. The van der Waals surface area contributed by atoms with Gasteiger partial charge in [0.2, 0.25) is 10.0 Å². The summed E-state index contributed by atoms with van der Waals surface area (Å²) >= 11 is 0. The lowest BCUT2D eigenvalue weighted by atomic mass is 10.1. The van der Waals surface area contributed by atoms with Crippen molar-refractivity contribution in [2.24, 2.45) is 0 Å². The number of benzene rings is 1. The number of carbonyl (C=O) groups excluding carboxylic acids is 2. The van der Waals surface area contributed by atoms with Gasteiger partial charge in [-0.25, -0.2) is 8.42 Å². The summed E-state index contributed by atoms with van der Waals surface area (Å²) in [4.78, 5) is 22.2. The van der Waals surface area contributed by atoms with Crippen molar-refractivity contribution in [1.29, 1.82) is 0 Å². The third-order valence-corrected chi connectivity index (χ3v) is 2.56. The number of carbonyl (C=O) groups is 2. The van der Waals surface area contributed by atoms with Crippen LogP contribution in [0.2, 0.25) is 0 Å². The number of rotatable bonds is 4. The Morgan fingerprint density at radius 3 is 2.47 bits per heavy atom. The molecule has 0 fully saturated rings. The molecule has 1 aromatic rings. The smallest absolute Gasteiger partial charge is 0.251 e. The van der Waals surface area contributed by atoms with Crippen molar-refractivity contribution in [2.45, 2.75) is 0 Å². The fourth-order valence-corrected chi connectivity index (χ4v) is 1.83. The van der Waals surface area contributed by atoms with Crippen LogP contribution in [0.25, 0.3) is 0 Å². The first-order valence-electron chi connectivity index (χ1n) is 4.66. The van der Waals surface area contributed by atoms with Crippen LogP contribution in [0, 0.1) is 0 Å². The lowest BCUT2D eigenvalue weighted by Gasteiger charge is -2.07. The van der Waals surface area contributed by atoms with Gasteiger partial charge < -0.3 is 5.32 Å². The summed E-state index contributed by atoms with van der Waals surface area (Å²) in [6.07, 6.45) is 1.50. The first kappa shape index (κ1) is 13.2. The Morgan fingerprint density at radius 1 is 1.35 bits per heavy atom. The number of amides is 1. The van der Waals surface area contributed by atoms with E-state index in [0.717, 1.165) is 6.26 Å². The second-order valence-electron chi connectivity index (χ2n) is 3.37. The highest BCUT2D eigenvalue weighted by molar-refractivity contribution is 7.92. The maximum Gasteiger partial charge on any atom is 0.251 e. The first-order chi connectivity index (χ1) is 7.87. The molecule has 1 rings (SSSR count). The van der Waals surface area contributed by atoms with E-state index in [-0.39, 0.29) is 16.8 Å². The minimum Gasteiger partial charge on any atom is -0.355 e. The van der Waals surface area contributed by atoms with Crippen LogP contribution < -0.4 is 10.0 Å². The molecule has 0 saturated heterocycles. The van der Waals surface area contributed by atoms with Gasteiger partial charge in [-0.1, -0.05) is 0 Å². The van der Waals surface area contributed by atoms with Gasteiger partial charge in [0.05, 0.1) is 6.26 Å². The molecular formula is C10H12N2O4S. The molecule has 0 spiro atoms. The quantitative estimate of drug-likeness (QED) is 0.754. The number of hydrogen-bond acceptors (Lipinski definition) is 4. The van der Waals surface area contributed by atoms with Crippen LogP contribution >= 0.6 is 0 Å². The number of aldehydes is 1. The lowest BCUT2D eigenvalue weighted by molar-refractivity contribution is 0.0957. The van der Waals surface area contributed by atoms with E-state index in [1.54, 1.807) is 0 Å². The van der Waals surface area contributed by atoms with Crippen LogP contribution in [0.4, 0.5) is 5.69 Å². The van der Waals surface area contributed by atoms with Gasteiger partial charge in [-0.05, 0) is 18.2 Å². The summed E-state index contributed by atoms with van der Waals surface area (Å²) in [5, 5.41) is 2.39. The van der Waals surface area contributed by atoms with Crippen LogP contribution in [0.5, 0.6) is 0 Å². The predicted molar refractivity (Wildman–Crippen MR) is 63.7 cm³/mol. The third-order valence-electron chi connectivity index (χ3n) is 1.95.